The van der Waals surface area contributed by atoms with Crippen molar-refractivity contribution in [3.63, 3.8) is 0 Å². The van der Waals surface area contributed by atoms with Crippen molar-refractivity contribution in [1.29, 1.82) is 0 Å². The summed E-state index contributed by atoms with van der Waals surface area (Å²) in [6, 6.07) is -0.611. The SMILES string of the molecule is C=CCNC(=O)[C@@H](NC(=O)OC(C)(C)C)C(C)C. The normalized spacial score (nSPS) is 12.8. The lowest BCUT2D eigenvalue weighted by Crippen LogP contribution is -2.50. The monoisotopic (exact) mass is 256 g/mol. The number of hydrogen-bond acceptors (Lipinski definition) is 3. The zero-order valence-electron chi connectivity index (χ0n) is 11.9. The maximum Gasteiger partial charge on any atom is 0.408 e. The van der Waals surface area contributed by atoms with E-state index in [0.29, 0.717) is 6.54 Å². The highest BCUT2D eigenvalue weighted by Gasteiger charge is 2.26. The highest BCUT2D eigenvalue weighted by molar-refractivity contribution is 5.86. The molecule has 0 radical (unpaired) electrons. The second kappa shape index (κ2) is 7.03. The lowest BCUT2D eigenvalue weighted by atomic mass is 10.0. The van der Waals surface area contributed by atoms with Crippen LogP contribution in [-0.4, -0.2) is 30.2 Å². The highest BCUT2D eigenvalue weighted by atomic mass is 16.6. The van der Waals surface area contributed by atoms with E-state index in [1.807, 2.05) is 13.8 Å². The summed E-state index contributed by atoms with van der Waals surface area (Å²) in [5.41, 5.74) is -0.580. The van der Waals surface area contributed by atoms with Gasteiger partial charge in [0.25, 0.3) is 0 Å². The van der Waals surface area contributed by atoms with Crippen molar-refractivity contribution in [3.05, 3.63) is 12.7 Å². The maximum absolute atomic E-state index is 11.8. The third-order valence-electron chi connectivity index (χ3n) is 2.04. The molecule has 0 unspecified atom stereocenters. The van der Waals surface area contributed by atoms with Crippen molar-refractivity contribution in [1.82, 2.24) is 10.6 Å². The molecule has 0 aromatic rings. The maximum atomic E-state index is 11.8. The average Bonchev–Trinajstić information content (AvgIpc) is 2.19. The molecule has 104 valence electrons. The van der Waals surface area contributed by atoms with E-state index in [9.17, 15) is 9.59 Å². The van der Waals surface area contributed by atoms with Gasteiger partial charge in [0.15, 0.2) is 0 Å². The molecule has 0 aliphatic heterocycles. The van der Waals surface area contributed by atoms with E-state index >= 15 is 0 Å². The molecule has 0 rings (SSSR count). The summed E-state index contributed by atoms with van der Waals surface area (Å²) in [7, 11) is 0. The van der Waals surface area contributed by atoms with Crippen LogP contribution < -0.4 is 10.6 Å². The van der Waals surface area contributed by atoms with E-state index in [-0.39, 0.29) is 11.8 Å². The quantitative estimate of drug-likeness (QED) is 0.737. The van der Waals surface area contributed by atoms with Gasteiger partial charge in [0.05, 0.1) is 0 Å². The molecule has 1 atom stereocenters. The summed E-state index contributed by atoms with van der Waals surface area (Å²) in [4.78, 5) is 23.4. The van der Waals surface area contributed by atoms with Gasteiger partial charge < -0.3 is 15.4 Å². The Morgan fingerprint density at radius 3 is 2.28 bits per heavy atom. The standard InChI is InChI=1S/C13H24N2O3/c1-7-8-14-11(16)10(9(2)3)15-12(17)18-13(4,5)6/h7,9-10H,1,8H2,2-6H3,(H,14,16)(H,15,17)/t10-/m0/s1. The first-order valence-corrected chi connectivity index (χ1v) is 6.05. The Labute approximate surface area is 109 Å². The fourth-order valence-electron chi connectivity index (χ4n) is 1.25. The van der Waals surface area contributed by atoms with Crippen molar-refractivity contribution >= 4 is 12.0 Å². The Hall–Kier alpha value is -1.52. The van der Waals surface area contributed by atoms with Crippen LogP contribution in [0.2, 0.25) is 0 Å². The van der Waals surface area contributed by atoms with Gasteiger partial charge in [-0.15, -0.1) is 6.58 Å². The van der Waals surface area contributed by atoms with Crippen LogP contribution in [0.4, 0.5) is 4.79 Å². The minimum atomic E-state index is -0.611. The van der Waals surface area contributed by atoms with Crippen LogP contribution in [0.1, 0.15) is 34.6 Å². The number of rotatable bonds is 5. The average molecular weight is 256 g/mol. The van der Waals surface area contributed by atoms with Crippen molar-refractivity contribution in [3.8, 4) is 0 Å². The van der Waals surface area contributed by atoms with Gasteiger partial charge in [-0.2, -0.15) is 0 Å². The molecule has 0 fully saturated rings. The molecule has 5 heteroatoms. The minimum absolute atomic E-state index is 0.0256. The van der Waals surface area contributed by atoms with Gasteiger partial charge in [-0.3, -0.25) is 4.79 Å². The molecule has 0 bridgehead atoms. The largest absolute Gasteiger partial charge is 0.444 e. The summed E-state index contributed by atoms with van der Waals surface area (Å²) < 4.78 is 5.12. The Morgan fingerprint density at radius 1 is 1.33 bits per heavy atom. The van der Waals surface area contributed by atoms with Crippen LogP contribution in [0.15, 0.2) is 12.7 Å². The predicted octanol–water partition coefficient (Wildman–Crippen LogP) is 1.84. The van der Waals surface area contributed by atoms with Gasteiger partial charge in [-0.05, 0) is 26.7 Å². The van der Waals surface area contributed by atoms with E-state index in [2.05, 4.69) is 17.2 Å². The number of hydrogen-bond donors (Lipinski definition) is 2. The Kier molecular flexibility index (Phi) is 6.44. The third-order valence-corrected chi connectivity index (χ3v) is 2.04. The highest BCUT2D eigenvalue weighted by Crippen LogP contribution is 2.08. The van der Waals surface area contributed by atoms with E-state index in [1.165, 1.54) is 0 Å². The summed E-state index contributed by atoms with van der Waals surface area (Å²) in [6.07, 6.45) is 0.998. The number of carbonyl (C=O) groups is 2. The first-order chi connectivity index (χ1) is 8.17. The van der Waals surface area contributed by atoms with Crippen LogP contribution in [0, 0.1) is 5.92 Å². The molecule has 0 saturated heterocycles. The summed E-state index contributed by atoms with van der Waals surface area (Å²) in [5, 5.41) is 5.23. The third kappa shape index (κ3) is 6.93. The van der Waals surface area contributed by atoms with Crippen LogP contribution in [0.3, 0.4) is 0 Å². The topological polar surface area (TPSA) is 67.4 Å². The Morgan fingerprint density at radius 2 is 1.89 bits per heavy atom. The van der Waals surface area contributed by atoms with Gasteiger partial charge in [0.1, 0.15) is 11.6 Å². The second-order valence-electron chi connectivity index (χ2n) is 5.40. The van der Waals surface area contributed by atoms with Crippen LogP contribution in [0.25, 0.3) is 0 Å². The van der Waals surface area contributed by atoms with Crippen molar-refractivity contribution in [2.75, 3.05) is 6.54 Å². The molecule has 2 N–H and O–H groups in total. The predicted molar refractivity (Wildman–Crippen MR) is 71.2 cm³/mol. The second-order valence-corrected chi connectivity index (χ2v) is 5.40. The van der Waals surface area contributed by atoms with Crippen LogP contribution in [0.5, 0.6) is 0 Å². The molecule has 0 spiro atoms. The smallest absolute Gasteiger partial charge is 0.408 e. The Balaban J connectivity index is 4.49. The molecule has 0 aromatic heterocycles. The van der Waals surface area contributed by atoms with Gasteiger partial charge in [-0.25, -0.2) is 4.79 Å². The molecule has 18 heavy (non-hydrogen) atoms. The molecule has 0 saturated carbocycles. The first kappa shape index (κ1) is 16.5. The fraction of sp³-hybridized carbons (Fsp3) is 0.692. The van der Waals surface area contributed by atoms with Gasteiger partial charge in [-0.1, -0.05) is 19.9 Å². The molecule has 0 aliphatic rings. The van der Waals surface area contributed by atoms with E-state index in [4.69, 9.17) is 4.74 Å². The summed E-state index contributed by atoms with van der Waals surface area (Å²) in [5.74, 6) is -0.266. The number of nitrogens with one attached hydrogen (secondary N) is 2. The lowest BCUT2D eigenvalue weighted by molar-refractivity contribution is -0.124. The molecule has 0 aliphatic carbocycles. The number of alkyl carbamates (subject to hydrolysis) is 1. The van der Waals surface area contributed by atoms with Crippen molar-refractivity contribution in [2.24, 2.45) is 5.92 Å². The molecule has 0 aromatic carbocycles. The molecule has 5 nitrogen and oxygen atoms in total. The number of ether oxygens (including phenoxy) is 1. The van der Waals surface area contributed by atoms with Crippen LogP contribution in [-0.2, 0) is 9.53 Å². The number of carbonyl (C=O) groups excluding carboxylic acids is 2. The summed E-state index contributed by atoms with van der Waals surface area (Å²) in [6.45, 7) is 12.9. The van der Waals surface area contributed by atoms with Crippen molar-refractivity contribution < 1.29 is 14.3 Å². The van der Waals surface area contributed by atoms with E-state index in [0.717, 1.165) is 0 Å². The summed E-state index contributed by atoms with van der Waals surface area (Å²) >= 11 is 0. The minimum Gasteiger partial charge on any atom is -0.444 e. The Bertz CT molecular complexity index is 306. The van der Waals surface area contributed by atoms with Gasteiger partial charge in [0, 0.05) is 6.54 Å². The van der Waals surface area contributed by atoms with E-state index in [1.54, 1.807) is 26.8 Å². The molecule has 2 amide bonds. The lowest BCUT2D eigenvalue weighted by Gasteiger charge is -2.25. The van der Waals surface area contributed by atoms with Gasteiger partial charge in [0.2, 0.25) is 5.91 Å². The first-order valence-electron chi connectivity index (χ1n) is 6.05. The molecular formula is C13H24N2O3. The molecule has 0 heterocycles. The van der Waals surface area contributed by atoms with Gasteiger partial charge >= 0.3 is 6.09 Å². The number of amides is 2. The van der Waals surface area contributed by atoms with Crippen molar-refractivity contribution in [2.45, 2.75) is 46.3 Å². The molecular weight excluding hydrogens is 232 g/mol. The van der Waals surface area contributed by atoms with E-state index < -0.39 is 17.7 Å². The zero-order chi connectivity index (χ0) is 14.3. The zero-order valence-corrected chi connectivity index (χ0v) is 11.9. The van der Waals surface area contributed by atoms with Crippen LogP contribution >= 0.6 is 0 Å². The fourth-order valence-corrected chi connectivity index (χ4v) is 1.25.